The molecule has 2 heteroatoms. The minimum atomic E-state index is 0.876. The van der Waals surface area contributed by atoms with E-state index in [1.54, 1.807) is 0 Å². The molecule has 0 radical (unpaired) electrons. The van der Waals surface area contributed by atoms with Crippen LogP contribution in [0, 0.1) is 0 Å². The maximum absolute atomic E-state index is 3.52. The van der Waals surface area contributed by atoms with Crippen LogP contribution in [-0.2, 0) is 0 Å². The van der Waals surface area contributed by atoms with E-state index in [2.05, 4.69) is 10.2 Å². The fourth-order valence-corrected chi connectivity index (χ4v) is 1.49. The molecule has 2 aliphatic rings. The monoisotopic (exact) mass is 140 g/mol. The van der Waals surface area contributed by atoms with Crippen LogP contribution in [0.3, 0.4) is 0 Å². The lowest BCUT2D eigenvalue weighted by atomic mass is 10.4. The first-order valence-electron chi connectivity index (χ1n) is 4.41. The van der Waals surface area contributed by atoms with Crippen LogP contribution in [0.25, 0.3) is 0 Å². The Morgan fingerprint density at radius 3 is 2.50 bits per heavy atom. The van der Waals surface area contributed by atoms with Crippen molar-refractivity contribution in [1.82, 2.24) is 10.2 Å². The van der Waals surface area contributed by atoms with Crippen LogP contribution in [0.4, 0.5) is 0 Å². The van der Waals surface area contributed by atoms with Gasteiger partial charge in [-0.3, -0.25) is 4.90 Å². The van der Waals surface area contributed by atoms with Gasteiger partial charge < -0.3 is 5.32 Å². The molecule has 1 saturated heterocycles. The van der Waals surface area contributed by atoms with E-state index in [0.717, 1.165) is 12.7 Å². The van der Waals surface area contributed by atoms with E-state index < -0.39 is 0 Å². The molecule has 1 N–H and O–H groups in total. The average Bonchev–Trinajstić information content (AvgIpc) is 2.63. The summed E-state index contributed by atoms with van der Waals surface area (Å²) in [5.41, 5.74) is 0. The Hall–Kier alpha value is -0.0800. The Morgan fingerprint density at radius 2 is 1.90 bits per heavy atom. The fourth-order valence-electron chi connectivity index (χ4n) is 1.49. The van der Waals surface area contributed by atoms with Gasteiger partial charge in [-0.15, -0.1) is 0 Å². The van der Waals surface area contributed by atoms with Gasteiger partial charge in [0.2, 0.25) is 0 Å². The fraction of sp³-hybridized carbons (Fsp3) is 1.00. The van der Waals surface area contributed by atoms with E-state index in [1.807, 2.05) is 0 Å². The molecule has 2 fully saturated rings. The largest absolute Gasteiger partial charge is 0.302 e. The van der Waals surface area contributed by atoms with Crippen LogP contribution in [0.15, 0.2) is 0 Å². The first kappa shape index (κ1) is 6.62. The van der Waals surface area contributed by atoms with Crippen LogP contribution in [0.5, 0.6) is 0 Å². The molecule has 0 aromatic rings. The van der Waals surface area contributed by atoms with Crippen molar-refractivity contribution in [2.75, 3.05) is 19.8 Å². The van der Waals surface area contributed by atoms with E-state index in [4.69, 9.17) is 0 Å². The minimum Gasteiger partial charge on any atom is -0.302 e. The molecule has 2 rings (SSSR count). The van der Waals surface area contributed by atoms with Gasteiger partial charge in [0.15, 0.2) is 0 Å². The molecule has 0 aromatic carbocycles. The number of nitrogens with one attached hydrogen (secondary N) is 1. The first-order chi connectivity index (χ1) is 4.95. The zero-order valence-electron chi connectivity index (χ0n) is 6.47. The Bertz CT molecular complexity index is 104. The maximum atomic E-state index is 3.52. The lowest BCUT2D eigenvalue weighted by Crippen LogP contribution is -2.33. The highest BCUT2D eigenvalue weighted by atomic mass is 15.2. The predicted octanol–water partition coefficient (Wildman–Crippen LogP) is 0.792. The zero-order valence-corrected chi connectivity index (χ0v) is 6.47. The van der Waals surface area contributed by atoms with Crippen molar-refractivity contribution in [2.45, 2.75) is 31.7 Å². The molecule has 1 heterocycles. The number of hydrogen-bond acceptors (Lipinski definition) is 2. The molecule has 1 aliphatic carbocycles. The van der Waals surface area contributed by atoms with Crippen molar-refractivity contribution in [3.63, 3.8) is 0 Å². The Balaban J connectivity index is 1.59. The van der Waals surface area contributed by atoms with Gasteiger partial charge in [-0.1, -0.05) is 0 Å². The van der Waals surface area contributed by atoms with Gasteiger partial charge in [0.25, 0.3) is 0 Å². The summed E-state index contributed by atoms with van der Waals surface area (Å²) in [5.74, 6) is 0. The quantitative estimate of drug-likeness (QED) is 0.623. The average molecular weight is 140 g/mol. The van der Waals surface area contributed by atoms with Crippen molar-refractivity contribution >= 4 is 0 Å². The van der Waals surface area contributed by atoms with Crippen molar-refractivity contribution in [3.05, 3.63) is 0 Å². The topological polar surface area (TPSA) is 15.3 Å². The van der Waals surface area contributed by atoms with Crippen LogP contribution in [-0.4, -0.2) is 30.7 Å². The SMILES string of the molecule is C1CCN(CNC2CC2)C1. The van der Waals surface area contributed by atoms with Gasteiger partial charge in [0.05, 0.1) is 0 Å². The van der Waals surface area contributed by atoms with Crippen molar-refractivity contribution in [2.24, 2.45) is 0 Å². The van der Waals surface area contributed by atoms with Crippen molar-refractivity contribution < 1.29 is 0 Å². The second-order valence-electron chi connectivity index (χ2n) is 3.46. The highest BCUT2D eigenvalue weighted by Crippen LogP contribution is 2.18. The molecule has 0 amide bonds. The molecule has 1 saturated carbocycles. The molecule has 10 heavy (non-hydrogen) atoms. The minimum absolute atomic E-state index is 0.876. The number of likely N-dealkylation sites (tertiary alicyclic amines) is 1. The Morgan fingerprint density at radius 1 is 1.20 bits per heavy atom. The third kappa shape index (κ3) is 1.70. The zero-order chi connectivity index (χ0) is 6.81. The summed E-state index contributed by atoms with van der Waals surface area (Å²) < 4.78 is 0. The highest BCUT2D eigenvalue weighted by molar-refractivity contribution is 4.81. The van der Waals surface area contributed by atoms with E-state index in [-0.39, 0.29) is 0 Å². The van der Waals surface area contributed by atoms with E-state index in [0.29, 0.717) is 0 Å². The molecule has 58 valence electrons. The maximum Gasteiger partial charge on any atom is 0.0482 e. The van der Waals surface area contributed by atoms with Crippen molar-refractivity contribution in [1.29, 1.82) is 0 Å². The van der Waals surface area contributed by atoms with E-state index in [9.17, 15) is 0 Å². The van der Waals surface area contributed by atoms with E-state index in [1.165, 1.54) is 38.8 Å². The lowest BCUT2D eigenvalue weighted by Gasteiger charge is -2.14. The summed E-state index contributed by atoms with van der Waals surface area (Å²) in [4.78, 5) is 2.51. The van der Waals surface area contributed by atoms with Gasteiger partial charge in [0, 0.05) is 12.7 Å². The van der Waals surface area contributed by atoms with Crippen molar-refractivity contribution in [3.8, 4) is 0 Å². The summed E-state index contributed by atoms with van der Waals surface area (Å²) >= 11 is 0. The van der Waals surface area contributed by atoms with Gasteiger partial charge >= 0.3 is 0 Å². The molecule has 0 bridgehead atoms. The molecule has 0 atom stereocenters. The Kier molecular flexibility index (Phi) is 1.91. The number of rotatable bonds is 3. The molecule has 0 aromatic heterocycles. The van der Waals surface area contributed by atoms with Gasteiger partial charge in [-0.2, -0.15) is 0 Å². The van der Waals surface area contributed by atoms with Crippen LogP contribution >= 0.6 is 0 Å². The third-order valence-corrected chi connectivity index (χ3v) is 2.38. The highest BCUT2D eigenvalue weighted by Gasteiger charge is 2.21. The first-order valence-corrected chi connectivity index (χ1v) is 4.41. The summed E-state index contributed by atoms with van der Waals surface area (Å²) in [6.45, 7) is 3.78. The second kappa shape index (κ2) is 2.89. The molecule has 1 aliphatic heterocycles. The normalized spacial score (nSPS) is 27.6. The number of nitrogens with zero attached hydrogens (tertiary/aromatic N) is 1. The Labute approximate surface area is 62.6 Å². The third-order valence-electron chi connectivity index (χ3n) is 2.38. The molecule has 2 nitrogen and oxygen atoms in total. The van der Waals surface area contributed by atoms with Crippen LogP contribution in [0.2, 0.25) is 0 Å². The molecular formula is C8H16N2. The molecule has 0 spiro atoms. The molecule has 0 unspecified atom stereocenters. The van der Waals surface area contributed by atoms with Gasteiger partial charge in [-0.25, -0.2) is 0 Å². The van der Waals surface area contributed by atoms with Crippen LogP contribution in [0.1, 0.15) is 25.7 Å². The number of hydrogen-bond donors (Lipinski definition) is 1. The standard InChI is InChI=1S/C8H16N2/c1-2-6-10(5-1)7-9-8-3-4-8/h8-9H,1-7H2. The lowest BCUT2D eigenvalue weighted by molar-refractivity contribution is 0.308. The van der Waals surface area contributed by atoms with Gasteiger partial charge in [-0.05, 0) is 38.8 Å². The van der Waals surface area contributed by atoms with Crippen LogP contribution < -0.4 is 5.32 Å². The molecular weight excluding hydrogens is 124 g/mol. The summed E-state index contributed by atoms with van der Waals surface area (Å²) in [6, 6.07) is 0.876. The summed E-state index contributed by atoms with van der Waals surface area (Å²) in [6.07, 6.45) is 5.64. The predicted molar refractivity (Wildman–Crippen MR) is 41.8 cm³/mol. The summed E-state index contributed by atoms with van der Waals surface area (Å²) in [7, 11) is 0. The second-order valence-corrected chi connectivity index (χ2v) is 3.46. The van der Waals surface area contributed by atoms with Gasteiger partial charge in [0.1, 0.15) is 0 Å². The van der Waals surface area contributed by atoms with E-state index >= 15 is 0 Å². The smallest absolute Gasteiger partial charge is 0.0482 e. The summed E-state index contributed by atoms with van der Waals surface area (Å²) in [5, 5.41) is 3.52.